The Labute approximate surface area is 220 Å². The van der Waals surface area contributed by atoms with Crippen LogP contribution in [0, 0.1) is 5.92 Å². The number of nitrogens with zero attached hydrogens (tertiary/aromatic N) is 4. The molecule has 0 saturated heterocycles. The molecule has 7 nitrogen and oxygen atoms in total. The molecule has 1 aliphatic carbocycles. The number of benzene rings is 2. The molecular weight excluding hydrogens is 460 g/mol. The number of carbonyl (C=O) groups is 1. The van der Waals surface area contributed by atoms with E-state index in [1.165, 1.54) is 32.1 Å². The van der Waals surface area contributed by atoms with Crippen molar-refractivity contribution < 1.29 is 4.79 Å². The van der Waals surface area contributed by atoms with Gasteiger partial charge in [-0.15, -0.1) is 0 Å². The number of carbonyl (C=O) groups excluding carboxylic acids is 1. The van der Waals surface area contributed by atoms with Gasteiger partial charge in [0.15, 0.2) is 0 Å². The molecule has 3 aromatic rings. The van der Waals surface area contributed by atoms with Crippen LogP contribution in [0.2, 0.25) is 0 Å². The zero-order valence-electron chi connectivity index (χ0n) is 22.4. The molecule has 1 saturated carbocycles. The van der Waals surface area contributed by atoms with E-state index in [1.54, 1.807) is 11.1 Å². The van der Waals surface area contributed by atoms with Crippen LogP contribution in [0.5, 0.6) is 0 Å². The zero-order valence-corrected chi connectivity index (χ0v) is 22.4. The predicted molar refractivity (Wildman–Crippen MR) is 153 cm³/mol. The average Bonchev–Trinajstić information content (AvgIpc) is 2.91. The fourth-order valence-electron chi connectivity index (χ4n) is 5.69. The summed E-state index contributed by atoms with van der Waals surface area (Å²) >= 11 is 0. The third-order valence-electron chi connectivity index (χ3n) is 7.67. The number of rotatable bonds is 7. The quantitative estimate of drug-likeness (QED) is 0.389. The molecule has 194 valence electrons. The lowest BCUT2D eigenvalue weighted by molar-refractivity contribution is -0.119. The van der Waals surface area contributed by atoms with Crippen molar-refractivity contribution in [1.29, 1.82) is 0 Å². The molecule has 0 bridgehead atoms. The first-order valence-electron chi connectivity index (χ1n) is 13.5. The van der Waals surface area contributed by atoms with Gasteiger partial charge < -0.3 is 20.4 Å². The van der Waals surface area contributed by atoms with Crippen molar-refractivity contribution in [3.8, 4) is 11.3 Å². The topological polar surface area (TPSA) is 73.4 Å². The van der Waals surface area contributed by atoms with Gasteiger partial charge >= 0.3 is 0 Å². The van der Waals surface area contributed by atoms with Crippen molar-refractivity contribution in [2.24, 2.45) is 5.92 Å². The van der Waals surface area contributed by atoms with Gasteiger partial charge in [0, 0.05) is 42.8 Å². The number of hydrogen-bond donors (Lipinski definition) is 2. The van der Waals surface area contributed by atoms with Crippen LogP contribution in [0.15, 0.2) is 54.7 Å². The Morgan fingerprint density at radius 1 is 1.00 bits per heavy atom. The first kappa shape index (κ1) is 25.1. The van der Waals surface area contributed by atoms with Gasteiger partial charge in [-0.1, -0.05) is 31.4 Å². The number of likely N-dealkylation sites (N-methyl/N-ethyl adjacent to an activating group) is 1. The Kier molecular flexibility index (Phi) is 7.31. The largest absolute Gasteiger partial charge is 0.385 e. The second-order valence-electron chi connectivity index (χ2n) is 10.6. The molecule has 37 heavy (non-hydrogen) atoms. The monoisotopic (exact) mass is 498 g/mol. The minimum atomic E-state index is -0.216. The maximum atomic E-state index is 12.7. The van der Waals surface area contributed by atoms with Crippen LogP contribution in [0.25, 0.3) is 11.3 Å². The highest BCUT2D eigenvalue weighted by Gasteiger charge is 2.35. The summed E-state index contributed by atoms with van der Waals surface area (Å²) in [5.74, 6) is 1.42. The third kappa shape index (κ3) is 5.41. The first-order valence-corrected chi connectivity index (χ1v) is 13.5. The van der Waals surface area contributed by atoms with Crippen LogP contribution in [-0.2, 0) is 4.79 Å². The number of nitrogens with one attached hydrogen (secondary N) is 2. The minimum Gasteiger partial charge on any atom is -0.385 e. The molecule has 1 fully saturated rings. The van der Waals surface area contributed by atoms with Gasteiger partial charge in [0.05, 0.1) is 17.1 Å². The van der Waals surface area contributed by atoms with Gasteiger partial charge in [-0.3, -0.25) is 4.79 Å². The van der Waals surface area contributed by atoms with Crippen LogP contribution in [-0.4, -0.2) is 41.6 Å². The molecule has 0 spiro atoms. The molecule has 2 aliphatic rings. The van der Waals surface area contributed by atoms with Crippen molar-refractivity contribution in [3.05, 3.63) is 54.7 Å². The van der Waals surface area contributed by atoms with E-state index in [1.807, 2.05) is 32.2 Å². The zero-order chi connectivity index (χ0) is 25.9. The van der Waals surface area contributed by atoms with Gasteiger partial charge in [-0.2, -0.15) is 0 Å². The van der Waals surface area contributed by atoms with Crippen molar-refractivity contribution in [2.45, 2.75) is 65.0 Å². The van der Waals surface area contributed by atoms with Gasteiger partial charge in [-0.25, -0.2) is 9.97 Å². The molecule has 1 aliphatic heterocycles. The fourth-order valence-corrected chi connectivity index (χ4v) is 5.69. The Bertz CT molecular complexity index is 1250. The van der Waals surface area contributed by atoms with E-state index in [9.17, 15) is 4.79 Å². The highest BCUT2D eigenvalue weighted by molar-refractivity contribution is 6.05. The molecule has 7 heteroatoms. The van der Waals surface area contributed by atoms with E-state index < -0.39 is 0 Å². The van der Waals surface area contributed by atoms with E-state index in [-0.39, 0.29) is 18.0 Å². The third-order valence-corrected chi connectivity index (χ3v) is 7.67. The number of aromatic nitrogens is 2. The average molecular weight is 499 g/mol. The summed E-state index contributed by atoms with van der Waals surface area (Å²) in [6.45, 7) is 7.23. The van der Waals surface area contributed by atoms with Gasteiger partial charge in [-0.05, 0) is 75.9 Å². The molecule has 0 unspecified atom stereocenters. The highest BCUT2D eigenvalue weighted by Crippen LogP contribution is 2.39. The number of anilines is 5. The molecule has 0 radical (unpaired) electrons. The summed E-state index contributed by atoms with van der Waals surface area (Å²) in [6.07, 6.45) is 8.55. The van der Waals surface area contributed by atoms with Gasteiger partial charge in [0.1, 0.15) is 6.04 Å². The van der Waals surface area contributed by atoms with E-state index in [4.69, 9.17) is 4.98 Å². The van der Waals surface area contributed by atoms with E-state index in [0.717, 1.165) is 46.5 Å². The van der Waals surface area contributed by atoms with Crippen molar-refractivity contribution in [3.63, 3.8) is 0 Å². The lowest BCUT2D eigenvalue weighted by Gasteiger charge is -2.42. The number of amides is 1. The van der Waals surface area contributed by atoms with Crippen LogP contribution in [0.3, 0.4) is 0 Å². The molecular formula is C30H38N6O. The number of hydrogen-bond acceptors (Lipinski definition) is 6. The lowest BCUT2D eigenvalue weighted by Crippen LogP contribution is -2.53. The minimum absolute atomic E-state index is 0.105. The van der Waals surface area contributed by atoms with E-state index in [0.29, 0.717) is 5.95 Å². The van der Waals surface area contributed by atoms with Gasteiger partial charge in [0.2, 0.25) is 11.9 Å². The SMILES string of the molecule is CC(C)N1c2cc(Nc3nccc(-c4cccc(NCC5CCCCC5)c4)n3)ccc2N(C)C(=O)[C@H]1C. The molecule has 2 N–H and O–H groups in total. The summed E-state index contributed by atoms with van der Waals surface area (Å²) in [7, 11) is 1.84. The summed E-state index contributed by atoms with van der Waals surface area (Å²) in [5, 5.41) is 7.02. The Morgan fingerprint density at radius 3 is 2.59 bits per heavy atom. The lowest BCUT2D eigenvalue weighted by atomic mass is 9.89. The van der Waals surface area contributed by atoms with Crippen LogP contribution < -0.4 is 20.4 Å². The Hall–Kier alpha value is -3.61. The maximum Gasteiger partial charge on any atom is 0.249 e. The Balaban J connectivity index is 1.34. The Morgan fingerprint density at radius 2 is 1.81 bits per heavy atom. The molecule has 2 aromatic carbocycles. The number of fused-ring (bicyclic) bond motifs is 1. The predicted octanol–water partition coefficient (Wildman–Crippen LogP) is 6.46. The summed E-state index contributed by atoms with van der Waals surface area (Å²) < 4.78 is 0. The van der Waals surface area contributed by atoms with Crippen molar-refractivity contribution in [1.82, 2.24) is 9.97 Å². The maximum absolute atomic E-state index is 12.7. The fraction of sp³-hybridized carbons (Fsp3) is 0.433. The van der Waals surface area contributed by atoms with Crippen molar-refractivity contribution in [2.75, 3.05) is 34.0 Å². The van der Waals surface area contributed by atoms with Gasteiger partial charge in [0.25, 0.3) is 0 Å². The highest BCUT2D eigenvalue weighted by atomic mass is 16.2. The molecule has 1 amide bonds. The standard InChI is InChI=1S/C30H38N6O/c1-20(2)36-21(3)29(37)35(4)27-14-13-25(18-28(27)36)33-30-31-16-15-26(34-30)23-11-8-12-24(17-23)32-19-22-9-6-5-7-10-22/h8,11-18,20-22,32H,5-7,9-10,19H2,1-4H3,(H,31,33,34)/t21-/m1/s1. The second-order valence-corrected chi connectivity index (χ2v) is 10.6. The first-order chi connectivity index (χ1) is 17.9. The summed E-state index contributed by atoms with van der Waals surface area (Å²) in [5.41, 5.74) is 5.90. The molecule has 1 atom stereocenters. The molecule has 2 heterocycles. The van der Waals surface area contributed by atoms with Crippen LogP contribution in [0.1, 0.15) is 52.9 Å². The van der Waals surface area contributed by atoms with E-state index >= 15 is 0 Å². The van der Waals surface area contributed by atoms with Crippen molar-refractivity contribution >= 4 is 34.6 Å². The van der Waals surface area contributed by atoms with Crippen LogP contribution >= 0.6 is 0 Å². The normalized spacial score (nSPS) is 18.2. The summed E-state index contributed by atoms with van der Waals surface area (Å²) in [4.78, 5) is 25.9. The molecule has 5 rings (SSSR count). The smallest absolute Gasteiger partial charge is 0.249 e. The van der Waals surface area contributed by atoms with Crippen LogP contribution in [0.4, 0.5) is 28.7 Å². The van der Waals surface area contributed by atoms with E-state index in [2.05, 4.69) is 64.7 Å². The second kappa shape index (κ2) is 10.8. The molecule has 1 aromatic heterocycles. The summed E-state index contributed by atoms with van der Waals surface area (Å²) in [6, 6.07) is 16.4.